The van der Waals surface area contributed by atoms with E-state index in [2.05, 4.69) is 29.4 Å². The van der Waals surface area contributed by atoms with Gasteiger partial charge in [-0.2, -0.15) is 5.10 Å². The number of likely N-dealkylation sites (tertiary alicyclic amines) is 1. The first kappa shape index (κ1) is 22.0. The molecule has 6 heteroatoms. The van der Waals surface area contributed by atoms with Crippen molar-refractivity contribution >= 4 is 5.91 Å². The molecule has 1 amide bonds. The van der Waals surface area contributed by atoms with E-state index < -0.39 is 0 Å². The van der Waals surface area contributed by atoms with Gasteiger partial charge in [-0.05, 0) is 85.3 Å². The topological polar surface area (TPSA) is 38.1 Å². The molecule has 3 aromatic carbocycles. The molecular formula is C28H25F2N3O. The van der Waals surface area contributed by atoms with Gasteiger partial charge in [0.1, 0.15) is 17.3 Å². The zero-order chi connectivity index (χ0) is 23.5. The summed E-state index contributed by atoms with van der Waals surface area (Å²) in [6, 6.07) is 24.1. The molecule has 1 saturated heterocycles. The van der Waals surface area contributed by atoms with Crippen molar-refractivity contribution in [2.45, 2.75) is 19.3 Å². The number of amides is 1. The number of aromatic nitrogens is 2. The van der Waals surface area contributed by atoms with Crippen molar-refractivity contribution in [1.29, 1.82) is 0 Å². The van der Waals surface area contributed by atoms with Gasteiger partial charge in [0.15, 0.2) is 0 Å². The van der Waals surface area contributed by atoms with Crippen LogP contribution in [0, 0.1) is 17.6 Å². The van der Waals surface area contributed by atoms with Crippen molar-refractivity contribution in [3.05, 3.63) is 108 Å². The Hall–Kier alpha value is -3.80. The molecule has 1 fully saturated rings. The van der Waals surface area contributed by atoms with Gasteiger partial charge < -0.3 is 4.90 Å². The third-order valence-electron chi connectivity index (χ3n) is 6.41. The summed E-state index contributed by atoms with van der Waals surface area (Å²) in [7, 11) is 0. The van der Waals surface area contributed by atoms with Crippen molar-refractivity contribution < 1.29 is 13.6 Å². The number of rotatable bonds is 5. The summed E-state index contributed by atoms with van der Waals surface area (Å²) in [5.74, 6) is -0.258. The van der Waals surface area contributed by atoms with Crippen LogP contribution in [0.5, 0.6) is 0 Å². The molecule has 0 spiro atoms. The second-order valence-electron chi connectivity index (χ2n) is 8.74. The molecule has 5 rings (SSSR count). The smallest absolute Gasteiger partial charge is 0.272 e. The highest BCUT2D eigenvalue weighted by atomic mass is 19.1. The molecule has 0 unspecified atom stereocenters. The average Bonchev–Trinajstić information content (AvgIpc) is 3.31. The second-order valence-corrected chi connectivity index (χ2v) is 8.74. The van der Waals surface area contributed by atoms with Crippen molar-refractivity contribution in [3.8, 4) is 16.9 Å². The lowest BCUT2D eigenvalue weighted by Gasteiger charge is -2.32. The van der Waals surface area contributed by atoms with Gasteiger partial charge in [-0.25, -0.2) is 13.5 Å². The Bertz CT molecular complexity index is 1260. The molecule has 34 heavy (non-hydrogen) atoms. The van der Waals surface area contributed by atoms with Gasteiger partial charge in [0.2, 0.25) is 0 Å². The number of carbonyl (C=O) groups excluding carboxylic acids is 1. The number of carbonyl (C=O) groups is 1. The van der Waals surface area contributed by atoms with Gasteiger partial charge in [-0.15, -0.1) is 0 Å². The fraction of sp³-hybridized carbons (Fsp3) is 0.214. The molecule has 1 aromatic heterocycles. The van der Waals surface area contributed by atoms with E-state index in [1.807, 2.05) is 11.0 Å². The highest BCUT2D eigenvalue weighted by Crippen LogP contribution is 2.26. The normalized spacial score (nSPS) is 14.4. The Morgan fingerprint density at radius 1 is 0.853 bits per heavy atom. The van der Waals surface area contributed by atoms with Crippen molar-refractivity contribution in [3.63, 3.8) is 0 Å². The number of hydrogen-bond acceptors (Lipinski definition) is 2. The molecule has 4 nitrogen and oxygen atoms in total. The van der Waals surface area contributed by atoms with Crippen LogP contribution >= 0.6 is 0 Å². The Labute approximate surface area is 197 Å². The molecule has 0 N–H and O–H groups in total. The summed E-state index contributed by atoms with van der Waals surface area (Å²) in [6.07, 6.45) is 2.90. The first-order valence-electron chi connectivity index (χ1n) is 11.5. The summed E-state index contributed by atoms with van der Waals surface area (Å²) in [4.78, 5) is 15.4. The van der Waals surface area contributed by atoms with E-state index in [0.717, 1.165) is 19.3 Å². The molecule has 0 aliphatic carbocycles. The molecule has 1 aliphatic heterocycles. The second kappa shape index (κ2) is 9.59. The number of piperidine rings is 1. The fourth-order valence-corrected chi connectivity index (χ4v) is 4.52. The predicted octanol–water partition coefficient (Wildman–Crippen LogP) is 5.91. The molecule has 0 radical (unpaired) electrons. The first-order chi connectivity index (χ1) is 16.6. The summed E-state index contributed by atoms with van der Waals surface area (Å²) in [5, 5.41) is 4.62. The van der Waals surface area contributed by atoms with Crippen LogP contribution in [0.1, 0.15) is 28.9 Å². The first-order valence-corrected chi connectivity index (χ1v) is 11.5. The largest absolute Gasteiger partial charge is 0.337 e. The van der Waals surface area contributed by atoms with E-state index in [4.69, 9.17) is 0 Å². The van der Waals surface area contributed by atoms with E-state index in [1.165, 1.54) is 29.8 Å². The van der Waals surface area contributed by atoms with Gasteiger partial charge in [0.25, 0.3) is 5.91 Å². The third-order valence-corrected chi connectivity index (χ3v) is 6.41. The number of hydrogen-bond donors (Lipinski definition) is 0. The third kappa shape index (κ3) is 4.76. The van der Waals surface area contributed by atoms with E-state index >= 15 is 0 Å². The molecule has 4 aromatic rings. The SMILES string of the molecule is O=C(c1cc(-c2ccc(F)cc2)nn1-c1ccc(F)cc1)N1CCC(Cc2ccccc2)CC1. The molecule has 0 atom stereocenters. The zero-order valence-corrected chi connectivity index (χ0v) is 18.7. The Balaban J connectivity index is 1.39. The monoisotopic (exact) mass is 457 g/mol. The lowest BCUT2D eigenvalue weighted by atomic mass is 9.90. The Morgan fingerprint density at radius 3 is 2.12 bits per heavy atom. The van der Waals surface area contributed by atoms with Gasteiger partial charge in [0.05, 0.1) is 11.4 Å². The Morgan fingerprint density at radius 2 is 1.47 bits per heavy atom. The highest BCUT2D eigenvalue weighted by Gasteiger charge is 2.27. The van der Waals surface area contributed by atoms with Crippen LogP contribution in [0.4, 0.5) is 8.78 Å². The maximum Gasteiger partial charge on any atom is 0.272 e. The van der Waals surface area contributed by atoms with Crippen LogP contribution in [0.3, 0.4) is 0 Å². The lowest BCUT2D eigenvalue weighted by molar-refractivity contribution is 0.0681. The summed E-state index contributed by atoms with van der Waals surface area (Å²) >= 11 is 0. The van der Waals surface area contributed by atoms with Crippen LogP contribution in [-0.2, 0) is 6.42 Å². The van der Waals surface area contributed by atoms with Crippen molar-refractivity contribution in [2.24, 2.45) is 5.92 Å². The quantitative estimate of drug-likeness (QED) is 0.374. The fourth-order valence-electron chi connectivity index (χ4n) is 4.52. The maximum atomic E-state index is 13.6. The molecule has 0 bridgehead atoms. The van der Waals surface area contributed by atoms with E-state index in [0.29, 0.717) is 41.6 Å². The van der Waals surface area contributed by atoms with Crippen LogP contribution in [-0.4, -0.2) is 33.7 Å². The van der Waals surface area contributed by atoms with Crippen molar-refractivity contribution in [1.82, 2.24) is 14.7 Å². The van der Waals surface area contributed by atoms with Crippen molar-refractivity contribution in [2.75, 3.05) is 13.1 Å². The molecule has 172 valence electrons. The van der Waals surface area contributed by atoms with E-state index in [1.54, 1.807) is 35.0 Å². The van der Waals surface area contributed by atoms with E-state index in [-0.39, 0.29) is 17.5 Å². The molecule has 1 aliphatic rings. The van der Waals surface area contributed by atoms with Gasteiger partial charge >= 0.3 is 0 Å². The van der Waals surface area contributed by atoms with Crippen LogP contribution in [0.25, 0.3) is 16.9 Å². The molecule has 2 heterocycles. The summed E-state index contributed by atoms with van der Waals surface area (Å²) < 4.78 is 28.5. The average molecular weight is 458 g/mol. The summed E-state index contributed by atoms with van der Waals surface area (Å²) in [5.41, 5.74) is 3.60. The number of nitrogens with zero attached hydrogens (tertiary/aromatic N) is 3. The molecule has 0 saturated carbocycles. The maximum absolute atomic E-state index is 13.6. The van der Waals surface area contributed by atoms with E-state index in [9.17, 15) is 13.6 Å². The minimum Gasteiger partial charge on any atom is -0.337 e. The van der Waals surface area contributed by atoms with Crippen LogP contribution < -0.4 is 0 Å². The number of halogens is 2. The van der Waals surface area contributed by atoms with Gasteiger partial charge in [-0.1, -0.05) is 30.3 Å². The standard InChI is InChI=1S/C28H25F2N3O/c29-23-8-6-22(7-9-23)26-19-27(33(31-26)25-12-10-24(30)11-13-25)28(34)32-16-14-21(15-17-32)18-20-4-2-1-3-5-20/h1-13,19,21H,14-18H2. The van der Waals surface area contributed by atoms with Crippen LogP contribution in [0.2, 0.25) is 0 Å². The van der Waals surface area contributed by atoms with Crippen LogP contribution in [0.15, 0.2) is 84.9 Å². The van der Waals surface area contributed by atoms with Gasteiger partial charge in [0, 0.05) is 18.7 Å². The lowest BCUT2D eigenvalue weighted by Crippen LogP contribution is -2.39. The van der Waals surface area contributed by atoms with Gasteiger partial charge in [-0.3, -0.25) is 4.79 Å². The minimum absolute atomic E-state index is 0.108. The predicted molar refractivity (Wildman–Crippen MR) is 128 cm³/mol. The number of benzene rings is 3. The molecular weight excluding hydrogens is 432 g/mol. The zero-order valence-electron chi connectivity index (χ0n) is 18.7. The minimum atomic E-state index is -0.358. The summed E-state index contributed by atoms with van der Waals surface area (Å²) in [6.45, 7) is 1.35. The Kier molecular flexibility index (Phi) is 6.21. The highest BCUT2D eigenvalue weighted by molar-refractivity contribution is 5.94.